The Morgan fingerprint density at radius 2 is 2.10 bits per heavy atom. The van der Waals surface area contributed by atoms with Gasteiger partial charge in [-0.05, 0) is 6.07 Å². The average molecular weight is 294 g/mol. The maximum atomic E-state index is 9.85. The largest absolute Gasteiger partial charge is 0.390 e. The monoisotopic (exact) mass is 294 g/mol. The number of rotatable bonds is 8. The summed E-state index contributed by atoms with van der Waals surface area (Å²) < 4.78 is 10.2. The lowest BCUT2D eigenvalue weighted by molar-refractivity contribution is 0.0218. The van der Waals surface area contributed by atoms with Gasteiger partial charge in [0, 0.05) is 18.2 Å². The lowest BCUT2D eigenvalue weighted by Gasteiger charge is -2.11. The first kappa shape index (κ1) is 15.2. The number of aliphatic hydroxyl groups excluding tert-OH is 1. The fourth-order valence-corrected chi connectivity index (χ4v) is 2.58. The minimum Gasteiger partial charge on any atom is -0.390 e. The van der Waals surface area contributed by atoms with Crippen LogP contribution in [0.3, 0.4) is 0 Å². The van der Waals surface area contributed by atoms with E-state index in [1.165, 1.54) is 11.8 Å². The minimum absolute atomic E-state index is 0.305. The fourth-order valence-electron chi connectivity index (χ4n) is 1.68. The van der Waals surface area contributed by atoms with Gasteiger partial charge in [-0.2, -0.15) is 0 Å². The summed E-state index contributed by atoms with van der Waals surface area (Å²) in [6, 6.07) is 7.84. The summed E-state index contributed by atoms with van der Waals surface area (Å²) in [5.74, 6) is 0.536. The summed E-state index contributed by atoms with van der Waals surface area (Å²) in [5.41, 5.74) is 0.913. The molecule has 5 nitrogen and oxygen atoms in total. The molecule has 1 unspecified atom stereocenters. The molecule has 0 aliphatic rings. The number of fused-ring (bicyclic) bond motifs is 1. The van der Waals surface area contributed by atoms with E-state index >= 15 is 0 Å². The second-order valence-corrected chi connectivity index (χ2v) is 5.24. The number of aromatic nitrogens is 2. The van der Waals surface area contributed by atoms with Crippen molar-refractivity contribution in [3.63, 3.8) is 0 Å². The zero-order valence-corrected chi connectivity index (χ0v) is 12.2. The molecular formula is C14H18N2O3S. The van der Waals surface area contributed by atoms with Crippen molar-refractivity contribution in [3.05, 3.63) is 30.6 Å². The van der Waals surface area contributed by atoms with Crippen LogP contribution in [-0.4, -0.2) is 53.9 Å². The molecule has 1 aromatic carbocycles. The number of nitrogens with zero attached hydrogens (tertiary/aromatic N) is 2. The smallest absolute Gasteiger partial charge is 0.117 e. The summed E-state index contributed by atoms with van der Waals surface area (Å²) in [5, 5.41) is 11.7. The standard InChI is InChI=1S/C14H18N2O3S/c1-18-6-7-19-8-11(17)9-20-14-12-4-2-3-5-13(12)15-10-16-14/h2-5,10-11,17H,6-9H2,1H3. The molecule has 0 saturated heterocycles. The highest BCUT2D eigenvalue weighted by Gasteiger charge is 2.08. The molecule has 1 heterocycles. The van der Waals surface area contributed by atoms with Crippen molar-refractivity contribution in [1.82, 2.24) is 9.97 Å². The zero-order valence-electron chi connectivity index (χ0n) is 11.4. The average Bonchev–Trinajstić information content (AvgIpc) is 2.49. The Morgan fingerprint density at radius 3 is 2.95 bits per heavy atom. The minimum atomic E-state index is -0.523. The first-order valence-electron chi connectivity index (χ1n) is 6.38. The van der Waals surface area contributed by atoms with Crippen LogP contribution in [0.25, 0.3) is 10.9 Å². The molecule has 0 radical (unpaired) electrons. The van der Waals surface area contributed by atoms with E-state index in [1.54, 1.807) is 13.4 Å². The molecule has 1 atom stereocenters. The molecule has 6 heteroatoms. The maximum absolute atomic E-state index is 9.85. The normalized spacial score (nSPS) is 12.7. The number of ether oxygens (including phenoxy) is 2. The molecule has 1 aromatic heterocycles. The van der Waals surface area contributed by atoms with Gasteiger partial charge in [0.1, 0.15) is 11.4 Å². The van der Waals surface area contributed by atoms with Crippen molar-refractivity contribution in [2.24, 2.45) is 0 Å². The van der Waals surface area contributed by atoms with Crippen molar-refractivity contribution >= 4 is 22.7 Å². The Kier molecular flexibility index (Phi) is 6.20. The second-order valence-electron chi connectivity index (χ2n) is 4.23. The number of thioether (sulfide) groups is 1. The highest BCUT2D eigenvalue weighted by molar-refractivity contribution is 7.99. The van der Waals surface area contributed by atoms with Crippen LogP contribution in [0.4, 0.5) is 0 Å². The molecule has 20 heavy (non-hydrogen) atoms. The number of aliphatic hydroxyl groups is 1. The Bertz CT molecular complexity index is 533. The molecule has 1 N–H and O–H groups in total. The van der Waals surface area contributed by atoms with Gasteiger partial charge in [-0.15, -0.1) is 11.8 Å². The molecule has 2 rings (SSSR count). The van der Waals surface area contributed by atoms with Crippen LogP contribution < -0.4 is 0 Å². The van der Waals surface area contributed by atoms with Crippen LogP contribution in [0.5, 0.6) is 0 Å². The Morgan fingerprint density at radius 1 is 1.25 bits per heavy atom. The third-order valence-corrected chi connectivity index (χ3v) is 3.81. The molecule has 2 aromatic rings. The van der Waals surface area contributed by atoms with Gasteiger partial charge >= 0.3 is 0 Å². The number of benzene rings is 1. The van der Waals surface area contributed by atoms with E-state index in [4.69, 9.17) is 9.47 Å². The second kappa shape index (κ2) is 8.16. The number of hydrogen-bond donors (Lipinski definition) is 1. The molecule has 0 bridgehead atoms. The molecule has 0 fully saturated rings. The van der Waals surface area contributed by atoms with E-state index in [0.29, 0.717) is 25.6 Å². The van der Waals surface area contributed by atoms with Crippen molar-refractivity contribution in [1.29, 1.82) is 0 Å². The summed E-state index contributed by atoms with van der Waals surface area (Å²) in [6.45, 7) is 1.34. The maximum Gasteiger partial charge on any atom is 0.117 e. The van der Waals surface area contributed by atoms with E-state index in [1.807, 2.05) is 24.3 Å². The Labute approximate surface area is 122 Å². The predicted octanol–water partition coefficient (Wildman–Crippen LogP) is 1.75. The molecule has 0 saturated carbocycles. The van der Waals surface area contributed by atoms with E-state index in [0.717, 1.165) is 15.9 Å². The van der Waals surface area contributed by atoms with Crippen LogP contribution in [-0.2, 0) is 9.47 Å². The predicted molar refractivity (Wildman–Crippen MR) is 79.0 cm³/mol. The van der Waals surface area contributed by atoms with Gasteiger partial charge in [-0.3, -0.25) is 0 Å². The van der Waals surface area contributed by atoms with E-state index < -0.39 is 6.10 Å². The van der Waals surface area contributed by atoms with Crippen molar-refractivity contribution < 1.29 is 14.6 Å². The van der Waals surface area contributed by atoms with E-state index in [-0.39, 0.29) is 0 Å². The molecule has 0 aliphatic heterocycles. The van der Waals surface area contributed by atoms with Crippen LogP contribution in [0.1, 0.15) is 0 Å². The van der Waals surface area contributed by atoms with Crippen LogP contribution in [0.2, 0.25) is 0 Å². The Hall–Kier alpha value is -1.21. The van der Waals surface area contributed by atoms with Crippen LogP contribution >= 0.6 is 11.8 Å². The topological polar surface area (TPSA) is 64.5 Å². The molecule has 0 amide bonds. The number of hydrogen-bond acceptors (Lipinski definition) is 6. The van der Waals surface area contributed by atoms with Gasteiger partial charge in [0.25, 0.3) is 0 Å². The van der Waals surface area contributed by atoms with Gasteiger partial charge in [-0.1, -0.05) is 18.2 Å². The van der Waals surface area contributed by atoms with Gasteiger partial charge in [0.05, 0.1) is 31.4 Å². The summed E-state index contributed by atoms with van der Waals surface area (Å²) in [7, 11) is 1.62. The molecule has 108 valence electrons. The fraction of sp³-hybridized carbons (Fsp3) is 0.429. The third kappa shape index (κ3) is 4.42. The van der Waals surface area contributed by atoms with Crippen LogP contribution in [0.15, 0.2) is 35.6 Å². The molecule has 0 spiro atoms. The zero-order chi connectivity index (χ0) is 14.2. The van der Waals surface area contributed by atoms with Crippen molar-refractivity contribution in [2.75, 3.05) is 32.7 Å². The van der Waals surface area contributed by atoms with Gasteiger partial charge in [0.2, 0.25) is 0 Å². The molecular weight excluding hydrogens is 276 g/mol. The third-order valence-electron chi connectivity index (χ3n) is 2.66. The van der Waals surface area contributed by atoms with E-state index in [9.17, 15) is 5.11 Å². The summed E-state index contributed by atoms with van der Waals surface area (Å²) in [4.78, 5) is 8.48. The first-order valence-corrected chi connectivity index (χ1v) is 7.37. The van der Waals surface area contributed by atoms with Gasteiger partial charge < -0.3 is 14.6 Å². The number of para-hydroxylation sites is 1. The lowest BCUT2D eigenvalue weighted by atomic mass is 10.2. The van der Waals surface area contributed by atoms with Crippen molar-refractivity contribution in [2.45, 2.75) is 11.1 Å². The van der Waals surface area contributed by atoms with Gasteiger partial charge in [-0.25, -0.2) is 9.97 Å². The number of methoxy groups -OCH3 is 1. The summed E-state index contributed by atoms with van der Waals surface area (Å²) in [6.07, 6.45) is 1.03. The van der Waals surface area contributed by atoms with E-state index in [2.05, 4.69) is 9.97 Å². The quantitative estimate of drug-likeness (QED) is 0.454. The highest BCUT2D eigenvalue weighted by Crippen LogP contribution is 2.24. The van der Waals surface area contributed by atoms with Gasteiger partial charge in [0.15, 0.2) is 0 Å². The molecule has 0 aliphatic carbocycles. The SMILES string of the molecule is COCCOCC(O)CSc1ncnc2ccccc12. The lowest BCUT2D eigenvalue weighted by Crippen LogP contribution is -2.19. The Balaban J connectivity index is 1.86. The highest BCUT2D eigenvalue weighted by atomic mass is 32.2. The summed E-state index contributed by atoms with van der Waals surface area (Å²) >= 11 is 1.51. The first-order chi connectivity index (χ1) is 9.81. The van der Waals surface area contributed by atoms with Crippen molar-refractivity contribution in [3.8, 4) is 0 Å². The van der Waals surface area contributed by atoms with Crippen LogP contribution in [0, 0.1) is 0 Å².